The first kappa shape index (κ1) is 18.3. The zero-order valence-electron chi connectivity index (χ0n) is 14.2. The summed E-state index contributed by atoms with van der Waals surface area (Å²) in [5.74, 6) is 0.345. The number of rotatable bonds is 4. The molecule has 7 nitrogen and oxygen atoms in total. The van der Waals surface area contributed by atoms with Gasteiger partial charge in [0.15, 0.2) is 0 Å². The summed E-state index contributed by atoms with van der Waals surface area (Å²) in [5.41, 5.74) is 0.529. The monoisotopic (exact) mass is 396 g/mol. The van der Waals surface area contributed by atoms with Gasteiger partial charge >= 0.3 is 0 Å². The Balaban J connectivity index is 1.98. The normalized spacial score (nSPS) is 14.3. The average molecular weight is 397 g/mol. The van der Waals surface area contributed by atoms with Gasteiger partial charge in [-0.15, -0.1) is 0 Å². The quantitative estimate of drug-likeness (QED) is 0.858. The summed E-state index contributed by atoms with van der Waals surface area (Å²) < 4.78 is 38.6. The second-order valence-corrected chi connectivity index (χ2v) is 7.77. The zero-order valence-corrected chi connectivity index (χ0v) is 15.7. The van der Waals surface area contributed by atoms with E-state index in [0.29, 0.717) is 24.5 Å². The van der Waals surface area contributed by atoms with Gasteiger partial charge in [0.25, 0.3) is 15.9 Å². The molecule has 0 unspecified atom stereocenters. The molecule has 0 saturated heterocycles. The third kappa shape index (κ3) is 3.56. The van der Waals surface area contributed by atoms with Gasteiger partial charge in [-0.1, -0.05) is 11.6 Å². The van der Waals surface area contributed by atoms with Crippen molar-refractivity contribution in [2.45, 2.75) is 4.90 Å². The number of likely N-dealkylation sites (N-methyl/N-ethyl adjacent to an activating group) is 1. The lowest BCUT2D eigenvalue weighted by Gasteiger charge is -2.14. The summed E-state index contributed by atoms with van der Waals surface area (Å²) in [5, 5.41) is 0.262. The van der Waals surface area contributed by atoms with Crippen LogP contribution in [0.3, 0.4) is 0 Å². The Morgan fingerprint density at radius 2 is 2.00 bits per heavy atom. The highest BCUT2D eigenvalue weighted by atomic mass is 35.5. The zero-order chi connectivity index (χ0) is 18.9. The number of halogens is 1. The number of carbonyl (C=O) groups excluding carboxylic acids is 1. The first-order chi connectivity index (χ1) is 12.3. The molecular weight excluding hydrogens is 380 g/mol. The third-order valence-corrected chi connectivity index (χ3v) is 5.55. The largest absolute Gasteiger partial charge is 0.495 e. The van der Waals surface area contributed by atoms with Crippen LogP contribution in [-0.2, 0) is 10.0 Å². The Kier molecular flexibility index (Phi) is 4.97. The molecule has 1 aliphatic heterocycles. The Labute approximate surface area is 156 Å². The first-order valence-corrected chi connectivity index (χ1v) is 9.56. The van der Waals surface area contributed by atoms with E-state index in [1.165, 1.54) is 42.3 Å². The first-order valence-electron chi connectivity index (χ1n) is 7.70. The van der Waals surface area contributed by atoms with Crippen LogP contribution in [0.15, 0.2) is 41.3 Å². The Hall–Kier alpha value is -2.45. The molecule has 2 aromatic rings. The number of ether oxygens (including phenoxy) is 2. The molecule has 0 aliphatic carbocycles. The van der Waals surface area contributed by atoms with Crippen LogP contribution in [0.2, 0.25) is 5.02 Å². The van der Waals surface area contributed by atoms with Crippen molar-refractivity contribution in [2.24, 2.45) is 0 Å². The highest BCUT2D eigenvalue weighted by molar-refractivity contribution is 7.92. The van der Waals surface area contributed by atoms with E-state index < -0.39 is 10.0 Å². The van der Waals surface area contributed by atoms with Gasteiger partial charge in [-0.25, -0.2) is 8.42 Å². The van der Waals surface area contributed by atoms with Crippen molar-refractivity contribution in [1.82, 2.24) is 4.90 Å². The Morgan fingerprint density at radius 1 is 1.23 bits per heavy atom. The van der Waals surface area contributed by atoms with Crippen molar-refractivity contribution in [1.29, 1.82) is 0 Å². The molecule has 0 saturated carbocycles. The van der Waals surface area contributed by atoms with E-state index >= 15 is 0 Å². The molecule has 0 aromatic heterocycles. The number of benzene rings is 2. The number of hydrogen-bond acceptors (Lipinski definition) is 5. The van der Waals surface area contributed by atoms with E-state index in [-0.39, 0.29) is 27.3 Å². The molecule has 1 amide bonds. The minimum Gasteiger partial charge on any atom is -0.495 e. The van der Waals surface area contributed by atoms with Gasteiger partial charge < -0.3 is 14.4 Å². The fourth-order valence-electron chi connectivity index (χ4n) is 2.56. The van der Waals surface area contributed by atoms with Crippen molar-refractivity contribution in [3.63, 3.8) is 0 Å². The predicted octanol–water partition coefficient (Wildman–Crippen LogP) is 2.61. The average Bonchev–Trinajstić information content (AvgIpc) is 2.74. The summed E-state index contributed by atoms with van der Waals surface area (Å²) >= 11 is 5.92. The lowest BCUT2D eigenvalue weighted by Crippen LogP contribution is -2.27. The maximum atomic E-state index is 12.7. The second-order valence-electron chi connectivity index (χ2n) is 5.69. The number of sulfonamides is 1. The van der Waals surface area contributed by atoms with E-state index in [1.54, 1.807) is 13.1 Å². The lowest BCUT2D eigenvalue weighted by molar-refractivity contribution is 0.0796. The van der Waals surface area contributed by atoms with Crippen LogP contribution >= 0.6 is 11.6 Å². The molecule has 1 N–H and O–H groups in total. The molecule has 0 spiro atoms. The number of fused-ring (bicyclic) bond motifs is 1. The molecule has 0 radical (unpaired) electrons. The fourth-order valence-corrected chi connectivity index (χ4v) is 4.04. The molecule has 0 atom stereocenters. The summed E-state index contributed by atoms with van der Waals surface area (Å²) in [6, 6.07) is 8.86. The van der Waals surface area contributed by atoms with Crippen molar-refractivity contribution in [2.75, 3.05) is 32.0 Å². The van der Waals surface area contributed by atoms with E-state index in [1.807, 2.05) is 0 Å². The van der Waals surface area contributed by atoms with Gasteiger partial charge in [0.05, 0.1) is 19.2 Å². The number of nitrogens with one attached hydrogen (secondary N) is 1. The van der Waals surface area contributed by atoms with E-state index in [2.05, 4.69) is 4.72 Å². The number of anilines is 1. The van der Waals surface area contributed by atoms with Crippen LogP contribution in [0.4, 0.5) is 5.69 Å². The van der Waals surface area contributed by atoms with Gasteiger partial charge in [-0.3, -0.25) is 9.52 Å². The van der Waals surface area contributed by atoms with Gasteiger partial charge in [0.2, 0.25) is 0 Å². The highest BCUT2D eigenvalue weighted by Crippen LogP contribution is 2.31. The molecule has 138 valence electrons. The Morgan fingerprint density at radius 3 is 2.73 bits per heavy atom. The summed E-state index contributed by atoms with van der Waals surface area (Å²) in [6.07, 6.45) is 0. The van der Waals surface area contributed by atoms with Crippen molar-refractivity contribution >= 4 is 33.2 Å². The minimum absolute atomic E-state index is 0.0952. The number of hydrogen-bond donors (Lipinski definition) is 1. The van der Waals surface area contributed by atoms with Gasteiger partial charge in [0, 0.05) is 17.8 Å². The standard InChI is InChI=1S/C17H17ClN2O5S/c1-20-7-8-25-14-6-4-12(10-13(14)17(20)21)19-26(22,23)16-9-11(18)3-5-15(16)24-2/h3-6,9-10,19H,7-8H2,1-2H3. The van der Waals surface area contributed by atoms with Crippen LogP contribution in [-0.4, -0.2) is 46.5 Å². The number of carbonyl (C=O) groups is 1. The third-order valence-electron chi connectivity index (χ3n) is 3.91. The molecule has 9 heteroatoms. The van der Waals surface area contributed by atoms with Crippen molar-refractivity contribution in [3.8, 4) is 11.5 Å². The maximum absolute atomic E-state index is 12.7. The molecule has 3 rings (SSSR count). The molecule has 0 fully saturated rings. The number of nitrogens with zero attached hydrogens (tertiary/aromatic N) is 1. The van der Waals surface area contributed by atoms with Crippen LogP contribution in [0.25, 0.3) is 0 Å². The molecule has 26 heavy (non-hydrogen) atoms. The lowest BCUT2D eigenvalue weighted by atomic mass is 10.1. The summed E-state index contributed by atoms with van der Waals surface area (Å²) in [6.45, 7) is 0.828. The van der Waals surface area contributed by atoms with Crippen LogP contribution in [0, 0.1) is 0 Å². The molecule has 1 aliphatic rings. The van der Waals surface area contributed by atoms with Crippen molar-refractivity contribution < 1.29 is 22.7 Å². The number of methoxy groups -OCH3 is 1. The molecule has 2 aromatic carbocycles. The van der Waals surface area contributed by atoms with E-state index in [4.69, 9.17) is 21.1 Å². The number of amides is 1. The highest BCUT2D eigenvalue weighted by Gasteiger charge is 2.24. The fraction of sp³-hybridized carbons (Fsp3) is 0.235. The van der Waals surface area contributed by atoms with Crippen LogP contribution < -0.4 is 14.2 Å². The van der Waals surface area contributed by atoms with Gasteiger partial charge in [0.1, 0.15) is 23.0 Å². The van der Waals surface area contributed by atoms with Gasteiger partial charge in [-0.2, -0.15) is 0 Å². The molecule has 1 heterocycles. The van der Waals surface area contributed by atoms with E-state index in [0.717, 1.165) is 0 Å². The summed E-state index contributed by atoms with van der Waals surface area (Å²) in [4.78, 5) is 13.8. The summed E-state index contributed by atoms with van der Waals surface area (Å²) in [7, 11) is -0.938. The SMILES string of the molecule is COc1ccc(Cl)cc1S(=O)(=O)Nc1ccc2c(c1)C(=O)N(C)CCO2. The predicted molar refractivity (Wildman–Crippen MR) is 97.7 cm³/mol. The van der Waals surface area contributed by atoms with Gasteiger partial charge in [-0.05, 0) is 36.4 Å². The van der Waals surface area contributed by atoms with Crippen LogP contribution in [0.1, 0.15) is 10.4 Å². The second kappa shape index (κ2) is 7.05. The smallest absolute Gasteiger partial charge is 0.265 e. The Bertz CT molecular complexity index is 962. The molecular formula is C17H17ClN2O5S. The maximum Gasteiger partial charge on any atom is 0.265 e. The minimum atomic E-state index is -3.97. The topological polar surface area (TPSA) is 84.9 Å². The molecule has 0 bridgehead atoms. The van der Waals surface area contributed by atoms with E-state index in [9.17, 15) is 13.2 Å². The van der Waals surface area contributed by atoms with Crippen LogP contribution in [0.5, 0.6) is 11.5 Å². The van der Waals surface area contributed by atoms with Crippen molar-refractivity contribution in [3.05, 3.63) is 47.0 Å².